The number of nitriles is 1. The summed E-state index contributed by atoms with van der Waals surface area (Å²) in [5, 5.41) is 11.5. The molecule has 8 rings (SSSR count). The van der Waals surface area contributed by atoms with Crippen molar-refractivity contribution in [1.82, 2.24) is 15.1 Å². The highest BCUT2D eigenvalue weighted by atomic mass is 19.4. The molecule has 1 aliphatic carbocycles. The number of hydrogen-bond acceptors (Lipinski definition) is 9. The highest BCUT2D eigenvalue weighted by Gasteiger charge is 2.41. The van der Waals surface area contributed by atoms with Crippen LogP contribution in [0.3, 0.4) is 0 Å². The van der Waals surface area contributed by atoms with Crippen LogP contribution >= 0.6 is 0 Å². The minimum atomic E-state index is -4.57. The zero-order valence-corrected chi connectivity index (χ0v) is 32.0. The lowest BCUT2D eigenvalue weighted by molar-refractivity contribution is -0.138. The van der Waals surface area contributed by atoms with Gasteiger partial charge in [-0.25, -0.2) is 0 Å². The van der Waals surface area contributed by atoms with Crippen molar-refractivity contribution in [3.05, 3.63) is 82.4 Å². The molecule has 300 valence electrons. The zero-order valence-electron chi connectivity index (χ0n) is 32.0. The molecule has 5 aliphatic rings. The highest BCUT2D eigenvalue weighted by molar-refractivity contribution is 6.06. The number of ether oxygens (including phenoxy) is 2. The van der Waals surface area contributed by atoms with Gasteiger partial charge in [0.2, 0.25) is 11.8 Å². The van der Waals surface area contributed by atoms with Crippen molar-refractivity contribution >= 4 is 29.1 Å². The van der Waals surface area contributed by atoms with Gasteiger partial charge in [-0.2, -0.15) is 18.4 Å². The van der Waals surface area contributed by atoms with E-state index in [-0.39, 0.29) is 23.8 Å². The highest BCUT2D eigenvalue weighted by Crippen LogP contribution is 2.40. The number of carbonyl (C=O) groups excluding carboxylic acids is 3. The Morgan fingerprint density at radius 1 is 0.860 bits per heavy atom. The summed E-state index contributed by atoms with van der Waals surface area (Å²) in [5.41, 5.74) is 2.82. The molecule has 1 unspecified atom stereocenters. The van der Waals surface area contributed by atoms with Gasteiger partial charge in [-0.3, -0.25) is 24.6 Å². The molecule has 4 aliphatic heterocycles. The van der Waals surface area contributed by atoms with Gasteiger partial charge in [-0.1, -0.05) is 12.1 Å². The van der Waals surface area contributed by atoms with Gasteiger partial charge in [0.05, 0.1) is 36.5 Å². The van der Waals surface area contributed by atoms with Gasteiger partial charge in [0, 0.05) is 76.2 Å². The van der Waals surface area contributed by atoms with Crippen LogP contribution in [0.4, 0.5) is 24.5 Å². The third-order valence-corrected chi connectivity index (χ3v) is 12.5. The Labute approximate surface area is 330 Å². The van der Waals surface area contributed by atoms with Crippen LogP contribution in [0.1, 0.15) is 77.1 Å². The number of rotatable bonds is 10. The molecule has 0 spiro atoms. The minimum absolute atomic E-state index is 0.215. The van der Waals surface area contributed by atoms with Gasteiger partial charge in [-0.05, 0) is 97.4 Å². The summed E-state index contributed by atoms with van der Waals surface area (Å²) in [6, 6.07) is 17.2. The fraction of sp³-hybridized carbons (Fsp3) is 0.488. The summed E-state index contributed by atoms with van der Waals surface area (Å²) in [6.45, 7) is 6.97. The third-order valence-electron chi connectivity index (χ3n) is 12.5. The van der Waals surface area contributed by atoms with Crippen LogP contribution in [0, 0.1) is 23.2 Å². The molecule has 3 aromatic rings. The SMILES string of the molecule is COc1cc(N2CCN(C[C@H]3C[C@H](COc4ccc(C5CCN(c6ccc(C#N)c(C(F)(F)F)c6)CC5)cc4)C3)CC2)cc2c1C(=O)N(C1CCC(=O)NC1=O)C2. The number of hydrogen-bond donors (Lipinski definition) is 1. The standard InChI is InChI=1S/C43H47F3N6O5/c1-56-38-22-34(20-32-25-52(42(55)40(32)38)37-8-9-39(53)48-41(37)54)51-16-14-49(15-17-51)24-27-18-28(19-27)26-57-35-6-3-29(4-7-35)30-10-12-50(13-11-30)33-5-2-31(23-47)36(21-33)43(44,45)46/h2-7,20-22,27-28,30,37H,8-19,24-26H2,1H3,(H,48,53,54)/t27-,28-,37?. The molecule has 1 atom stereocenters. The first kappa shape index (κ1) is 38.6. The number of piperidine rings is 2. The van der Waals surface area contributed by atoms with E-state index in [1.807, 2.05) is 29.2 Å². The summed E-state index contributed by atoms with van der Waals surface area (Å²) >= 11 is 0. The first-order valence-corrected chi connectivity index (χ1v) is 19.9. The van der Waals surface area contributed by atoms with E-state index >= 15 is 0 Å². The van der Waals surface area contributed by atoms with Crippen LogP contribution in [0.2, 0.25) is 0 Å². The van der Waals surface area contributed by atoms with E-state index in [0.29, 0.717) is 67.4 Å². The van der Waals surface area contributed by atoms with Gasteiger partial charge >= 0.3 is 6.18 Å². The molecule has 14 heteroatoms. The second-order valence-electron chi connectivity index (χ2n) is 16.1. The van der Waals surface area contributed by atoms with Crippen molar-refractivity contribution in [3.8, 4) is 17.6 Å². The normalized spacial score (nSPS) is 23.2. The maximum absolute atomic E-state index is 13.5. The lowest BCUT2D eigenvalue weighted by Gasteiger charge is -2.42. The number of carbonyl (C=O) groups is 3. The number of fused-ring (bicyclic) bond motifs is 1. The summed E-state index contributed by atoms with van der Waals surface area (Å²) in [5.74, 6) is 1.89. The second kappa shape index (κ2) is 15.9. The number of alkyl halides is 3. The second-order valence-corrected chi connectivity index (χ2v) is 16.1. The van der Waals surface area contributed by atoms with Crippen molar-refractivity contribution in [2.24, 2.45) is 11.8 Å². The molecule has 0 aromatic heterocycles. The van der Waals surface area contributed by atoms with Crippen LogP contribution < -0.4 is 24.6 Å². The molecule has 4 fully saturated rings. The van der Waals surface area contributed by atoms with E-state index in [1.165, 1.54) is 11.6 Å². The van der Waals surface area contributed by atoms with Gasteiger partial charge in [0.1, 0.15) is 17.5 Å². The number of amides is 3. The van der Waals surface area contributed by atoms with Crippen molar-refractivity contribution in [2.45, 2.75) is 63.2 Å². The fourth-order valence-corrected chi connectivity index (χ4v) is 9.29. The zero-order chi connectivity index (χ0) is 39.8. The predicted molar refractivity (Wildman–Crippen MR) is 206 cm³/mol. The minimum Gasteiger partial charge on any atom is -0.496 e. The molecule has 4 heterocycles. The Kier molecular flexibility index (Phi) is 10.8. The molecular formula is C43H47F3N6O5. The molecule has 0 radical (unpaired) electrons. The molecule has 3 saturated heterocycles. The number of methoxy groups -OCH3 is 1. The first-order valence-electron chi connectivity index (χ1n) is 19.9. The van der Waals surface area contributed by atoms with Gasteiger partial charge in [0.15, 0.2) is 0 Å². The van der Waals surface area contributed by atoms with Crippen LogP contribution in [-0.2, 0) is 22.3 Å². The Bertz CT molecular complexity index is 2050. The van der Waals surface area contributed by atoms with Crippen molar-refractivity contribution in [2.75, 3.05) is 69.3 Å². The quantitative estimate of drug-likeness (QED) is 0.249. The van der Waals surface area contributed by atoms with E-state index < -0.39 is 23.7 Å². The molecule has 3 amide bonds. The van der Waals surface area contributed by atoms with E-state index in [0.717, 1.165) is 81.5 Å². The number of anilines is 2. The van der Waals surface area contributed by atoms with Crippen molar-refractivity contribution in [3.63, 3.8) is 0 Å². The van der Waals surface area contributed by atoms with E-state index in [4.69, 9.17) is 14.7 Å². The Morgan fingerprint density at radius 2 is 1.58 bits per heavy atom. The molecule has 0 bridgehead atoms. The van der Waals surface area contributed by atoms with E-state index in [1.54, 1.807) is 24.1 Å². The summed E-state index contributed by atoms with van der Waals surface area (Å²) < 4.78 is 52.3. The van der Waals surface area contributed by atoms with Crippen LogP contribution in [-0.4, -0.2) is 93.1 Å². The molecular weight excluding hydrogens is 738 g/mol. The topological polar surface area (TPSA) is 118 Å². The van der Waals surface area contributed by atoms with E-state index in [9.17, 15) is 27.6 Å². The number of nitrogens with zero attached hydrogens (tertiary/aromatic N) is 5. The predicted octanol–water partition coefficient (Wildman–Crippen LogP) is 5.96. The summed E-state index contributed by atoms with van der Waals surface area (Å²) in [4.78, 5) is 46.0. The first-order chi connectivity index (χ1) is 27.5. The lowest BCUT2D eigenvalue weighted by Crippen LogP contribution is -2.52. The van der Waals surface area contributed by atoms with Gasteiger partial charge in [-0.15, -0.1) is 0 Å². The smallest absolute Gasteiger partial charge is 0.417 e. The van der Waals surface area contributed by atoms with Gasteiger partial charge in [0.25, 0.3) is 5.91 Å². The number of nitrogens with one attached hydrogen (secondary N) is 1. The largest absolute Gasteiger partial charge is 0.496 e. The average molecular weight is 785 g/mol. The maximum atomic E-state index is 13.5. The lowest BCUT2D eigenvalue weighted by atomic mass is 9.75. The van der Waals surface area contributed by atoms with Crippen molar-refractivity contribution in [1.29, 1.82) is 5.26 Å². The molecule has 1 saturated carbocycles. The molecule has 1 N–H and O–H groups in total. The summed E-state index contributed by atoms with van der Waals surface area (Å²) in [7, 11) is 1.56. The monoisotopic (exact) mass is 784 g/mol. The van der Waals surface area contributed by atoms with E-state index in [2.05, 4.69) is 27.2 Å². The van der Waals surface area contributed by atoms with Crippen LogP contribution in [0.5, 0.6) is 11.5 Å². The number of imide groups is 1. The Hall–Kier alpha value is -5.29. The maximum Gasteiger partial charge on any atom is 0.417 e. The van der Waals surface area contributed by atoms with Crippen LogP contribution in [0.25, 0.3) is 0 Å². The molecule has 57 heavy (non-hydrogen) atoms. The Balaban J connectivity index is 0.755. The van der Waals surface area contributed by atoms with Crippen molar-refractivity contribution < 1.29 is 37.0 Å². The molecule has 11 nitrogen and oxygen atoms in total. The Morgan fingerprint density at radius 3 is 2.25 bits per heavy atom. The molecule has 3 aromatic carbocycles. The fourth-order valence-electron chi connectivity index (χ4n) is 9.29. The number of benzene rings is 3. The number of halogens is 3. The van der Waals surface area contributed by atoms with Crippen LogP contribution in [0.15, 0.2) is 54.6 Å². The average Bonchev–Trinajstić information content (AvgIpc) is 3.53. The number of piperazine rings is 1. The van der Waals surface area contributed by atoms with Gasteiger partial charge < -0.3 is 24.2 Å². The third kappa shape index (κ3) is 8.12. The summed E-state index contributed by atoms with van der Waals surface area (Å²) in [6.07, 6.45) is -0.0894.